The fourth-order valence-electron chi connectivity index (χ4n) is 3.51. The Morgan fingerprint density at radius 1 is 1.19 bits per heavy atom. The molecule has 1 aliphatic rings. The lowest BCUT2D eigenvalue weighted by Gasteiger charge is -2.30. The number of nitrogens with one attached hydrogen (secondary N) is 1. The number of hydrogen-bond acceptors (Lipinski definition) is 6. The quantitative estimate of drug-likeness (QED) is 0.547. The molecule has 2 heterocycles. The van der Waals surface area contributed by atoms with Crippen molar-refractivity contribution in [2.45, 2.75) is 32.7 Å². The fraction of sp³-hybridized carbons (Fsp3) is 0.261. The Morgan fingerprint density at radius 2 is 1.94 bits per heavy atom. The van der Waals surface area contributed by atoms with E-state index in [0.717, 1.165) is 16.3 Å². The number of aryl methyl sites for hydroxylation is 2. The van der Waals surface area contributed by atoms with Gasteiger partial charge in [0.25, 0.3) is 5.91 Å². The molecule has 3 aromatic rings. The van der Waals surface area contributed by atoms with E-state index in [1.165, 1.54) is 34.7 Å². The monoisotopic (exact) mass is 454 g/mol. The van der Waals surface area contributed by atoms with Crippen LogP contribution in [-0.2, 0) is 5.54 Å². The maximum absolute atomic E-state index is 14.6. The minimum Gasteiger partial charge on any atom is -0.379 e. The standard InChI is InChI=1S/C23H23FN4OS2/c1-13-4-6-15(7-5-13)21-26-14(2)19(31-21)20(29)27-16-8-9-18(24)17(12-16)23(3)10-11-30-22(25)28-23/h4-9,12H,10-11H2,1-3H3,(H2,25,28)(H,27,29). The van der Waals surface area contributed by atoms with Gasteiger partial charge in [0.2, 0.25) is 0 Å². The van der Waals surface area contributed by atoms with E-state index >= 15 is 0 Å². The summed E-state index contributed by atoms with van der Waals surface area (Å²) in [7, 11) is 0. The van der Waals surface area contributed by atoms with Gasteiger partial charge in [-0.3, -0.25) is 9.79 Å². The molecule has 0 saturated carbocycles. The SMILES string of the molecule is Cc1ccc(-c2nc(C)c(C(=O)Nc3ccc(F)c(C4(C)CCSC(N)=N4)c3)s2)cc1. The minimum atomic E-state index is -0.751. The van der Waals surface area contributed by atoms with Gasteiger partial charge in [0, 0.05) is 22.6 Å². The van der Waals surface area contributed by atoms with Crippen molar-refractivity contribution in [1.29, 1.82) is 0 Å². The van der Waals surface area contributed by atoms with E-state index < -0.39 is 5.54 Å². The van der Waals surface area contributed by atoms with Gasteiger partial charge in [-0.1, -0.05) is 41.6 Å². The Morgan fingerprint density at radius 3 is 2.65 bits per heavy atom. The van der Waals surface area contributed by atoms with Gasteiger partial charge < -0.3 is 11.1 Å². The smallest absolute Gasteiger partial charge is 0.267 e. The Labute approximate surface area is 189 Å². The molecule has 1 unspecified atom stereocenters. The third-order valence-electron chi connectivity index (χ3n) is 5.30. The third-order valence-corrected chi connectivity index (χ3v) is 7.30. The molecule has 0 radical (unpaired) electrons. The zero-order valence-electron chi connectivity index (χ0n) is 17.5. The number of amides is 1. The average Bonchev–Trinajstić information content (AvgIpc) is 3.11. The zero-order chi connectivity index (χ0) is 22.2. The lowest BCUT2D eigenvalue weighted by molar-refractivity contribution is 0.102. The van der Waals surface area contributed by atoms with Crippen molar-refractivity contribution in [3.63, 3.8) is 0 Å². The van der Waals surface area contributed by atoms with Gasteiger partial charge in [-0.2, -0.15) is 0 Å². The summed E-state index contributed by atoms with van der Waals surface area (Å²) in [4.78, 5) is 22.5. The number of nitrogens with zero attached hydrogens (tertiary/aromatic N) is 2. The molecule has 1 aromatic heterocycles. The van der Waals surface area contributed by atoms with E-state index in [2.05, 4.69) is 15.3 Å². The molecule has 0 saturated heterocycles. The molecule has 0 spiro atoms. The van der Waals surface area contributed by atoms with Crippen LogP contribution in [0, 0.1) is 19.7 Å². The van der Waals surface area contributed by atoms with Crippen LogP contribution < -0.4 is 11.1 Å². The zero-order valence-corrected chi connectivity index (χ0v) is 19.2. The van der Waals surface area contributed by atoms with Gasteiger partial charge in [-0.25, -0.2) is 9.37 Å². The third kappa shape index (κ3) is 4.50. The summed E-state index contributed by atoms with van der Waals surface area (Å²) in [5.74, 6) is 0.141. The average molecular weight is 455 g/mol. The number of halogens is 1. The fourth-order valence-corrected chi connectivity index (χ4v) is 5.45. The topological polar surface area (TPSA) is 80.4 Å². The Balaban J connectivity index is 1.60. The second-order valence-corrected chi connectivity index (χ2v) is 9.88. The van der Waals surface area contributed by atoms with Gasteiger partial charge >= 0.3 is 0 Å². The van der Waals surface area contributed by atoms with Crippen molar-refractivity contribution in [2.75, 3.05) is 11.1 Å². The summed E-state index contributed by atoms with van der Waals surface area (Å²) in [5.41, 5.74) is 8.87. The Kier molecular flexibility index (Phi) is 5.85. The molecule has 8 heteroatoms. The molecule has 1 aliphatic heterocycles. The molecule has 0 bridgehead atoms. The molecule has 1 atom stereocenters. The number of aromatic nitrogens is 1. The molecule has 1 amide bonds. The summed E-state index contributed by atoms with van der Waals surface area (Å²) in [6.45, 7) is 5.71. The van der Waals surface area contributed by atoms with Gasteiger partial charge in [0.15, 0.2) is 5.17 Å². The summed E-state index contributed by atoms with van der Waals surface area (Å²) >= 11 is 2.81. The highest BCUT2D eigenvalue weighted by Gasteiger charge is 2.32. The number of anilines is 1. The molecule has 160 valence electrons. The maximum atomic E-state index is 14.6. The van der Waals surface area contributed by atoms with Gasteiger partial charge in [0.1, 0.15) is 15.7 Å². The number of nitrogens with two attached hydrogens (primary N) is 1. The van der Waals surface area contributed by atoms with E-state index in [9.17, 15) is 9.18 Å². The van der Waals surface area contributed by atoms with Crippen molar-refractivity contribution in [3.05, 3.63) is 70.0 Å². The predicted octanol–water partition coefficient (Wildman–Crippen LogP) is 5.49. The van der Waals surface area contributed by atoms with E-state index in [1.54, 1.807) is 12.1 Å². The second kappa shape index (κ2) is 8.43. The highest BCUT2D eigenvalue weighted by molar-refractivity contribution is 8.13. The van der Waals surface area contributed by atoms with Crippen molar-refractivity contribution >= 4 is 39.9 Å². The molecule has 4 rings (SSSR count). The number of rotatable bonds is 4. The van der Waals surface area contributed by atoms with E-state index in [0.29, 0.717) is 33.4 Å². The first-order valence-corrected chi connectivity index (χ1v) is 11.7. The van der Waals surface area contributed by atoms with E-state index in [1.807, 2.05) is 45.0 Å². The first-order chi connectivity index (χ1) is 14.7. The van der Waals surface area contributed by atoms with Crippen molar-refractivity contribution in [1.82, 2.24) is 4.98 Å². The first-order valence-electron chi connectivity index (χ1n) is 9.89. The van der Waals surface area contributed by atoms with Gasteiger partial charge in [-0.15, -0.1) is 11.3 Å². The summed E-state index contributed by atoms with van der Waals surface area (Å²) in [6.07, 6.45) is 0.667. The Hall–Kier alpha value is -2.71. The Bertz CT molecular complexity index is 1170. The van der Waals surface area contributed by atoms with Gasteiger partial charge in [0.05, 0.1) is 11.2 Å². The molecule has 31 heavy (non-hydrogen) atoms. The molecular formula is C23H23FN4OS2. The van der Waals surface area contributed by atoms with Crippen LogP contribution in [0.25, 0.3) is 10.6 Å². The highest BCUT2D eigenvalue weighted by atomic mass is 32.2. The number of thioether (sulfide) groups is 1. The number of aliphatic imine (C=N–C) groups is 1. The maximum Gasteiger partial charge on any atom is 0.267 e. The van der Waals surface area contributed by atoms with Crippen LogP contribution in [0.4, 0.5) is 10.1 Å². The molecule has 0 aliphatic carbocycles. The van der Waals surface area contributed by atoms with Crippen molar-refractivity contribution < 1.29 is 9.18 Å². The molecule has 0 fully saturated rings. The van der Waals surface area contributed by atoms with Crippen LogP contribution in [-0.4, -0.2) is 21.8 Å². The lowest BCUT2D eigenvalue weighted by atomic mass is 9.89. The van der Waals surface area contributed by atoms with Crippen LogP contribution in [0.1, 0.15) is 39.8 Å². The number of benzene rings is 2. The van der Waals surface area contributed by atoms with Crippen LogP contribution >= 0.6 is 23.1 Å². The van der Waals surface area contributed by atoms with Crippen molar-refractivity contribution in [2.24, 2.45) is 10.7 Å². The van der Waals surface area contributed by atoms with Crippen LogP contribution in [0.3, 0.4) is 0 Å². The summed E-state index contributed by atoms with van der Waals surface area (Å²) in [6, 6.07) is 12.6. The molecule has 3 N–H and O–H groups in total. The van der Waals surface area contributed by atoms with Crippen LogP contribution in [0.15, 0.2) is 47.5 Å². The molecular weight excluding hydrogens is 431 g/mol. The second-order valence-electron chi connectivity index (χ2n) is 7.77. The number of carbonyl (C=O) groups excluding carboxylic acids is 1. The predicted molar refractivity (Wildman–Crippen MR) is 127 cm³/mol. The summed E-state index contributed by atoms with van der Waals surface area (Å²) in [5, 5.41) is 4.13. The highest BCUT2D eigenvalue weighted by Crippen LogP contribution is 2.37. The van der Waals surface area contributed by atoms with Gasteiger partial charge in [-0.05, 0) is 45.4 Å². The lowest BCUT2D eigenvalue weighted by Crippen LogP contribution is -2.29. The van der Waals surface area contributed by atoms with Crippen LogP contribution in [0.2, 0.25) is 0 Å². The van der Waals surface area contributed by atoms with E-state index in [4.69, 9.17) is 5.73 Å². The number of amidine groups is 1. The molecule has 2 aromatic carbocycles. The largest absolute Gasteiger partial charge is 0.379 e. The molecule has 5 nitrogen and oxygen atoms in total. The van der Waals surface area contributed by atoms with Crippen LogP contribution in [0.5, 0.6) is 0 Å². The number of hydrogen-bond donors (Lipinski definition) is 2. The van der Waals surface area contributed by atoms with Crippen molar-refractivity contribution in [3.8, 4) is 10.6 Å². The normalized spacial score (nSPS) is 18.5. The number of carbonyl (C=O) groups is 1. The number of thiazole rings is 1. The first kappa shape index (κ1) is 21.5. The minimum absolute atomic E-state index is 0.265. The summed E-state index contributed by atoms with van der Waals surface area (Å²) < 4.78 is 14.6. The van der Waals surface area contributed by atoms with E-state index in [-0.39, 0.29) is 11.7 Å².